The number of anilines is 1. The van der Waals surface area contributed by atoms with Crippen LogP contribution in [0.3, 0.4) is 0 Å². The Morgan fingerprint density at radius 2 is 1.86 bits per heavy atom. The van der Waals surface area contributed by atoms with E-state index in [4.69, 9.17) is 16.3 Å². The van der Waals surface area contributed by atoms with Crippen LogP contribution in [0.2, 0.25) is 5.02 Å². The number of amides is 4. The number of nitrogens with one attached hydrogen (secondary N) is 2. The van der Waals surface area contributed by atoms with E-state index in [1.54, 1.807) is 32.4 Å². The van der Waals surface area contributed by atoms with Gasteiger partial charge >= 0.3 is 12.1 Å². The lowest BCUT2D eigenvalue weighted by Crippen LogP contribution is -2.59. The van der Waals surface area contributed by atoms with Gasteiger partial charge < -0.3 is 25.2 Å². The van der Waals surface area contributed by atoms with Crippen LogP contribution < -0.4 is 15.4 Å². The highest BCUT2D eigenvalue weighted by atomic mass is 35.5. The van der Waals surface area contributed by atoms with E-state index in [1.807, 2.05) is 9.80 Å². The molecule has 1 unspecified atom stereocenters. The average Bonchev–Trinajstić information content (AvgIpc) is 3.19. The van der Waals surface area contributed by atoms with E-state index < -0.39 is 0 Å². The van der Waals surface area contributed by atoms with Crippen LogP contribution in [0.5, 0.6) is 5.75 Å². The smallest absolute Gasteiger partial charge is 0.322 e. The maximum absolute atomic E-state index is 12.7. The van der Waals surface area contributed by atoms with Gasteiger partial charge in [0.05, 0.1) is 12.8 Å². The van der Waals surface area contributed by atoms with Gasteiger partial charge in [0.1, 0.15) is 5.75 Å². The third-order valence-electron chi connectivity index (χ3n) is 6.13. The number of halogens is 1. The molecule has 2 N–H and O–H groups in total. The Morgan fingerprint density at radius 1 is 1.14 bits per heavy atom. The second-order valence-electron chi connectivity index (χ2n) is 7.55. The third kappa shape index (κ3) is 4.53. The van der Waals surface area contributed by atoms with Crippen molar-refractivity contribution in [3.8, 4) is 5.75 Å². The molecule has 9 heteroatoms. The number of rotatable bonds is 4. The van der Waals surface area contributed by atoms with Crippen LogP contribution in [0.4, 0.5) is 15.3 Å². The largest absolute Gasteiger partial charge is 0.495 e. The molecule has 0 bridgehead atoms. The topological polar surface area (TPSA) is 77.2 Å². The zero-order valence-electron chi connectivity index (χ0n) is 17.3. The van der Waals surface area contributed by atoms with Gasteiger partial charge in [-0.3, -0.25) is 4.90 Å². The summed E-state index contributed by atoms with van der Waals surface area (Å²) in [5.41, 5.74) is 0.556. The van der Waals surface area contributed by atoms with Crippen LogP contribution in [-0.2, 0) is 0 Å². The molecule has 0 spiro atoms. The molecular formula is C20H30ClN5O3. The van der Waals surface area contributed by atoms with Crippen LogP contribution in [0.15, 0.2) is 18.2 Å². The third-order valence-corrected chi connectivity index (χ3v) is 6.37. The number of benzene rings is 1. The molecular weight excluding hydrogens is 394 g/mol. The number of carbonyl (C=O) groups is 2. The molecule has 2 heterocycles. The molecule has 1 aromatic carbocycles. The lowest BCUT2D eigenvalue weighted by atomic mass is 9.92. The molecule has 2 fully saturated rings. The Balaban J connectivity index is 1.59. The summed E-state index contributed by atoms with van der Waals surface area (Å²) >= 11 is 6.05. The van der Waals surface area contributed by atoms with E-state index in [-0.39, 0.29) is 17.6 Å². The number of hydrogen-bond acceptors (Lipinski definition) is 4. The summed E-state index contributed by atoms with van der Waals surface area (Å²) in [5.74, 6) is 0.576. The first kappa shape index (κ1) is 21.5. The van der Waals surface area contributed by atoms with E-state index in [9.17, 15) is 9.59 Å². The van der Waals surface area contributed by atoms with Crippen LogP contribution in [0, 0.1) is 0 Å². The molecule has 8 nitrogen and oxygen atoms in total. The molecule has 160 valence electrons. The number of nitrogens with zero attached hydrogens (tertiary/aromatic N) is 3. The van der Waals surface area contributed by atoms with Crippen LogP contribution in [0.1, 0.15) is 19.8 Å². The van der Waals surface area contributed by atoms with Gasteiger partial charge in [0.15, 0.2) is 0 Å². The Labute approximate surface area is 177 Å². The quantitative estimate of drug-likeness (QED) is 0.780. The fourth-order valence-corrected chi connectivity index (χ4v) is 4.49. The maximum Gasteiger partial charge on any atom is 0.322 e. The van der Waals surface area contributed by atoms with Gasteiger partial charge in [-0.05, 0) is 31.0 Å². The Kier molecular flexibility index (Phi) is 6.74. The highest BCUT2D eigenvalue weighted by Crippen LogP contribution is 2.33. The first-order valence-corrected chi connectivity index (χ1v) is 10.4. The molecule has 1 atom stereocenters. The minimum atomic E-state index is -0.158. The van der Waals surface area contributed by atoms with E-state index in [0.717, 1.165) is 39.0 Å². The number of hydrogen-bond donors (Lipinski definition) is 2. The highest BCUT2D eigenvalue weighted by Gasteiger charge is 2.44. The lowest BCUT2D eigenvalue weighted by Gasteiger charge is -2.45. The summed E-state index contributed by atoms with van der Waals surface area (Å²) in [6.07, 6.45) is 1.94. The zero-order valence-corrected chi connectivity index (χ0v) is 18.1. The normalized spacial score (nSPS) is 22.5. The zero-order chi connectivity index (χ0) is 21.0. The van der Waals surface area contributed by atoms with Crippen molar-refractivity contribution in [3.63, 3.8) is 0 Å². The number of methoxy groups -OCH3 is 1. The molecule has 0 radical (unpaired) electrons. The molecule has 1 aromatic rings. The standard InChI is InChI=1S/C20H30ClN5O3/c1-4-20(7-8-25(14-20)18(27)22-2)26-11-9-24(10-12-26)19(28)23-16-13-15(21)5-6-17(16)29-3/h5-6,13H,4,7-12,14H2,1-3H3,(H,22,27)(H,23,28). The summed E-state index contributed by atoms with van der Waals surface area (Å²) in [4.78, 5) is 30.9. The average molecular weight is 424 g/mol. The summed E-state index contributed by atoms with van der Waals surface area (Å²) in [7, 11) is 3.23. The van der Waals surface area contributed by atoms with Crippen molar-refractivity contribution in [2.24, 2.45) is 0 Å². The van der Waals surface area contributed by atoms with Crippen LogP contribution in [-0.4, -0.2) is 85.7 Å². The van der Waals surface area contributed by atoms with Gasteiger partial charge in [0.2, 0.25) is 0 Å². The van der Waals surface area contributed by atoms with Gasteiger partial charge in [0, 0.05) is 56.9 Å². The SMILES string of the molecule is CCC1(N2CCN(C(=O)Nc3cc(Cl)ccc3OC)CC2)CCN(C(=O)NC)C1. The molecule has 2 saturated heterocycles. The molecule has 4 amide bonds. The predicted octanol–water partition coefficient (Wildman–Crippen LogP) is 2.69. The highest BCUT2D eigenvalue weighted by molar-refractivity contribution is 6.31. The maximum atomic E-state index is 12.7. The fourth-order valence-electron chi connectivity index (χ4n) is 4.31. The van der Waals surface area contributed by atoms with Gasteiger partial charge in [-0.1, -0.05) is 18.5 Å². The molecule has 2 aliphatic rings. The molecule has 3 rings (SSSR count). The predicted molar refractivity (Wildman–Crippen MR) is 114 cm³/mol. The molecule has 0 aromatic heterocycles. The van der Waals surface area contributed by atoms with Crippen molar-refractivity contribution in [3.05, 3.63) is 23.2 Å². The van der Waals surface area contributed by atoms with Crippen LogP contribution >= 0.6 is 11.6 Å². The Bertz CT molecular complexity index is 754. The van der Waals surface area contributed by atoms with Crippen molar-refractivity contribution in [2.75, 3.05) is 58.7 Å². The van der Waals surface area contributed by atoms with E-state index in [0.29, 0.717) is 29.5 Å². The number of piperazine rings is 1. The Hall–Kier alpha value is -2.19. The number of urea groups is 2. The summed E-state index contributed by atoms with van der Waals surface area (Å²) in [6, 6.07) is 4.97. The summed E-state index contributed by atoms with van der Waals surface area (Å²) in [5, 5.41) is 6.16. The van der Waals surface area contributed by atoms with Gasteiger partial charge in [-0.25, -0.2) is 9.59 Å². The van der Waals surface area contributed by atoms with Crippen molar-refractivity contribution in [2.45, 2.75) is 25.3 Å². The summed E-state index contributed by atoms with van der Waals surface area (Å²) in [6.45, 7) is 6.52. The number of ether oxygens (including phenoxy) is 1. The van der Waals surface area contributed by atoms with Crippen molar-refractivity contribution < 1.29 is 14.3 Å². The van der Waals surface area contributed by atoms with Gasteiger partial charge in [-0.15, -0.1) is 0 Å². The second-order valence-corrected chi connectivity index (χ2v) is 7.99. The molecule has 0 saturated carbocycles. The monoisotopic (exact) mass is 423 g/mol. The van der Waals surface area contributed by atoms with Crippen molar-refractivity contribution in [1.29, 1.82) is 0 Å². The van der Waals surface area contributed by atoms with Crippen molar-refractivity contribution >= 4 is 29.4 Å². The van der Waals surface area contributed by atoms with E-state index >= 15 is 0 Å². The fraction of sp³-hybridized carbons (Fsp3) is 0.600. The second kappa shape index (κ2) is 9.09. The van der Waals surface area contributed by atoms with Crippen LogP contribution in [0.25, 0.3) is 0 Å². The number of likely N-dealkylation sites (tertiary alicyclic amines) is 1. The molecule has 2 aliphatic heterocycles. The van der Waals surface area contributed by atoms with Crippen molar-refractivity contribution in [1.82, 2.24) is 20.0 Å². The van der Waals surface area contributed by atoms with E-state index in [2.05, 4.69) is 22.5 Å². The van der Waals surface area contributed by atoms with E-state index in [1.165, 1.54) is 0 Å². The summed E-state index contributed by atoms with van der Waals surface area (Å²) < 4.78 is 5.30. The lowest BCUT2D eigenvalue weighted by molar-refractivity contribution is 0.0477. The van der Waals surface area contributed by atoms with Gasteiger partial charge in [-0.2, -0.15) is 0 Å². The molecule has 0 aliphatic carbocycles. The minimum Gasteiger partial charge on any atom is -0.495 e. The minimum absolute atomic E-state index is 0.00868. The Morgan fingerprint density at radius 3 is 2.48 bits per heavy atom. The first-order valence-electron chi connectivity index (χ1n) is 10.0. The molecule has 29 heavy (non-hydrogen) atoms. The number of carbonyl (C=O) groups excluding carboxylic acids is 2. The first-order chi connectivity index (χ1) is 13.9. The van der Waals surface area contributed by atoms with Gasteiger partial charge in [0.25, 0.3) is 0 Å².